The molecule has 0 aliphatic rings. The molecule has 0 radical (unpaired) electrons. The molecule has 0 saturated carbocycles. The van der Waals surface area contributed by atoms with E-state index in [4.69, 9.17) is 12.2 Å². The highest BCUT2D eigenvalue weighted by molar-refractivity contribution is 5.38. The molecule has 0 fully saturated rings. The van der Waals surface area contributed by atoms with Crippen molar-refractivity contribution in [3.05, 3.63) is 12.1 Å². The first-order valence-corrected chi connectivity index (χ1v) is 4.09. The molecule has 1 rings (SSSR count). The van der Waals surface area contributed by atoms with Crippen LogP contribution in [0.15, 0.2) is 12.1 Å². The summed E-state index contributed by atoms with van der Waals surface area (Å²) in [5.41, 5.74) is 5.38. The number of hydrogen-bond acceptors (Lipinski definition) is 4. The fraction of sp³-hybridized carbons (Fsp3) is 0.333. The van der Waals surface area contributed by atoms with Crippen molar-refractivity contribution >= 4 is 11.6 Å². The molecule has 4 nitrogen and oxygen atoms in total. The topological polar surface area (TPSA) is 63.8 Å². The summed E-state index contributed by atoms with van der Waals surface area (Å²) in [6, 6.07) is 3.49. The lowest BCUT2D eigenvalue weighted by molar-refractivity contribution is 0.892. The van der Waals surface area contributed by atoms with Gasteiger partial charge < -0.3 is 11.1 Å². The summed E-state index contributed by atoms with van der Waals surface area (Å²) in [5, 5.41) is 10.6. The molecule has 0 amide bonds. The van der Waals surface area contributed by atoms with E-state index in [-0.39, 0.29) is 0 Å². The first-order chi connectivity index (χ1) is 6.33. The standard InChI is InChI=1S/C9H12N4/c1-2-3-4-7-11-9-6-5-8(10)12-13-9/h1,5-6H,3-4,7H2,(H2,10,12)(H,11,13). The van der Waals surface area contributed by atoms with Gasteiger partial charge in [0.2, 0.25) is 0 Å². The average Bonchev–Trinajstić information content (AvgIpc) is 2.15. The van der Waals surface area contributed by atoms with Crippen LogP contribution in [0.4, 0.5) is 11.6 Å². The molecule has 1 aromatic heterocycles. The number of nitrogens with two attached hydrogens (primary N) is 1. The molecule has 0 spiro atoms. The number of rotatable bonds is 4. The fourth-order valence-corrected chi connectivity index (χ4v) is 0.844. The van der Waals surface area contributed by atoms with E-state index < -0.39 is 0 Å². The van der Waals surface area contributed by atoms with Crippen LogP contribution < -0.4 is 11.1 Å². The first-order valence-electron chi connectivity index (χ1n) is 4.09. The predicted octanol–water partition coefficient (Wildman–Crippen LogP) is 0.884. The van der Waals surface area contributed by atoms with Crippen LogP contribution in [0.2, 0.25) is 0 Å². The zero-order chi connectivity index (χ0) is 9.52. The van der Waals surface area contributed by atoms with Crippen LogP contribution in [0, 0.1) is 12.3 Å². The highest BCUT2D eigenvalue weighted by Gasteiger charge is 1.92. The molecule has 4 heteroatoms. The van der Waals surface area contributed by atoms with Gasteiger partial charge in [0.25, 0.3) is 0 Å². The number of nitrogens with one attached hydrogen (secondary N) is 1. The minimum atomic E-state index is 0.425. The number of anilines is 2. The second-order valence-electron chi connectivity index (χ2n) is 2.58. The van der Waals surface area contributed by atoms with Gasteiger partial charge in [-0.15, -0.1) is 22.5 Å². The number of nitrogen functional groups attached to an aromatic ring is 1. The summed E-state index contributed by atoms with van der Waals surface area (Å²) in [5.74, 6) is 3.72. The molecule has 68 valence electrons. The van der Waals surface area contributed by atoms with Gasteiger partial charge in [0.05, 0.1) is 0 Å². The molecule has 0 aliphatic carbocycles. The predicted molar refractivity (Wildman–Crippen MR) is 53.0 cm³/mol. The van der Waals surface area contributed by atoms with Crippen LogP contribution in [0.5, 0.6) is 0 Å². The summed E-state index contributed by atoms with van der Waals surface area (Å²) in [7, 11) is 0. The van der Waals surface area contributed by atoms with Crippen LogP contribution in [-0.4, -0.2) is 16.7 Å². The van der Waals surface area contributed by atoms with E-state index >= 15 is 0 Å². The normalized spacial score (nSPS) is 9.15. The highest BCUT2D eigenvalue weighted by atomic mass is 15.2. The molecular formula is C9H12N4. The van der Waals surface area contributed by atoms with Crippen LogP contribution in [0.25, 0.3) is 0 Å². The van der Waals surface area contributed by atoms with Gasteiger partial charge in [0, 0.05) is 13.0 Å². The van der Waals surface area contributed by atoms with Crippen LogP contribution >= 0.6 is 0 Å². The fourth-order valence-electron chi connectivity index (χ4n) is 0.844. The summed E-state index contributed by atoms with van der Waals surface area (Å²) >= 11 is 0. The molecule has 0 unspecified atom stereocenters. The minimum Gasteiger partial charge on any atom is -0.382 e. The highest BCUT2D eigenvalue weighted by Crippen LogP contribution is 2.02. The average molecular weight is 176 g/mol. The van der Waals surface area contributed by atoms with Gasteiger partial charge in [-0.25, -0.2) is 0 Å². The van der Waals surface area contributed by atoms with Crippen molar-refractivity contribution in [2.45, 2.75) is 12.8 Å². The van der Waals surface area contributed by atoms with Gasteiger partial charge in [-0.1, -0.05) is 0 Å². The van der Waals surface area contributed by atoms with Crippen molar-refractivity contribution in [3.8, 4) is 12.3 Å². The second kappa shape index (κ2) is 4.99. The van der Waals surface area contributed by atoms with Gasteiger partial charge >= 0.3 is 0 Å². The molecule has 1 aromatic rings. The largest absolute Gasteiger partial charge is 0.382 e. The Labute approximate surface area is 77.6 Å². The van der Waals surface area contributed by atoms with E-state index in [9.17, 15) is 0 Å². The Kier molecular flexibility index (Phi) is 3.58. The zero-order valence-corrected chi connectivity index (χ0v) is 7.33. The number of terminal acetylenes is 1. The Morgan fingerprint density at radius 3 is 2.92 bits per heavy atom. The number of unbranched alkanes of at least 4 members (excludes halogenated alkanes) is 1. The Balaban J connectivity index is 2.30. The third-order valence-electron chi connectivity index (χ3n) is 1.49. The molecule has 0 bridgehead atoms. The number of nitrogens with zero attached hydrogens (tertiary/aromatic N) is 2. The van der Waals surface area contributed by atoms with Crippen molar-refractivity contribution in [1.29, 1.82) is 0 Å². The second-order valence-corrected chi connectivity index (χ2v) is 2.58. The Morgan fingerprint density at radius 1 is 1.46 bits per heavy atom. The molecule has 0 saturated heterocycles. The molecule has 1 heterocycles. The molecule has 13 heavy (non-hydrogen) atoms. The van der Waals surface area contributed by atoms with Gasteiger partial charge in [-0.3, -0.25) is 0 Å². The molecule has 3 N–H and O–H groups in total. The number of hydrogen-bond donors (Lipinski definition) is 2. The van der Waals surface area contributed by atoms with Crippen LogP contribution in [0.1, 0.15) is 12.8 Å². The molecule has 0 aliphatic heterocycles. The maximum absolute atomic E-state index is 5.38. The van der Waals surface area contributed by atoms with Crippen LogP contribution in [-0.2, 0) is 0 Å². The van der Waals surface area contributed by atoms with E-state index in [0.29, 0.717) is 5.82 Å². The monoisotopic (exact) mass is 176 g/mol. The van der Waals surface area contributed by atoms with E-state index in [1.54, 1.807) is 12.1 Å². The lowest BCUT2D eigenvalue weighted by Gasteiger charge is -2.02. The summed E-state index contributed by atoms with van der Waals surface area (Å²) in [6.07, 6.45) is 6.81. The van der Waals surface area contributed by atoms with E-state index in [0.717, 1.165) is 25.2 Å². The Morgan fingerprint density at radius 2 is 2.31 bits per heavy atom. The summed E-state index contributed by atoms with van der Waals surface area (Å²) < 4.78 is 0. The van der Waals surface area contributed by atoms with E-state index in [1.165, 1.54) is 0 Å². The van der Waals surface area contributed by atoms with Crippen molar-refractivity contribution < 1.29 is 0 Å². The third-order valence-corrected chi connectivity index (χ3v) is 1.49. The zero-order valence-electron chi connectivity index (χ0n) is 7.33. The van der Waals surface area contributed by atoms with Crippen molar-refractivity contribution in [3.63, 3.8) is 0 Å². The van der Waals surface area contributed by atoms with Crippen molar-refractivity contribution in [2.24, 2.45) is 0 Å². The quantitative estimate of drug-likeness (QED) is 0.528. The van der Waals surface area contributed by atoms with Crippen LogP contribution in [0.3, 0.4) is 0 Å². The van der Waals surface area contributed by atoms with Crippen molar-refractivity contribution in [1.82, 2.24) is 10.2 Å². The first kappa shape index (κ1) is 9.33. The maximum atomic E-state index is 5.38. The smallest absolute Gasteiger partial charge is 0.148 e. The van der Waals surface area contributed by atoms with E-state index in [1.807, 2.05) is 0 Å². The van der Waals surface area contributed by atoms with Gasteiger partial charge in [-0.05, 0) is 18.6 Å². The Hall–Kier alpha value is -1.76. The minimum absolute atomic E-state index is 0.425. The Bertz CT molecular complexity index is 285. The maximum Gasteiger partial charge on any atom is 0.148 e. The third kappa shape index (κ3) is 3.43. The lowest BCUT2D eigenvalue weighted by Crippen LogP contribution is -2.04. The molecular weight excluding hydrogens is 164 g/mol. The number of aromatic nitrogens is 2. The van der Waals surface area contributed by atoms with Gasteiger partial charge in [0.15, 0.2) is 0 Å². The molecule has 0 aromatic carbocycles. The lowest BCUT2D eigenvalue weighted by atomic mass is 10.3. The van der Waals surface area contributed by atoms with Gasteiger partial charge in [0.1, 0.15) is 11.6 Å². The summed E-state index contributed by atoms with van der Waals surface area (Å²) in [6.45, 7) is 0.808. The van der Waals surface area contributed by atoms with Crippen molar-refractivity contribution in [2.75, 3.05) is 17.6 Å². The summed E-state index contributed by atoms with van der Waals surface area (Å²) in [4.78, 5) is 0. The van der Waals surface area contributed by atoms with Gasteiger partial charge in [-0.2, -0.15) is 0 Å². The molecule has 0 atom stereocenters. The SMILES string of the molecule is C#CCCCNc1ccc(N)nn1. The van der Waals surface area contributed by atoms with E-state index in [2.05, 4.69) is 21.4 Å².